The fourth-order valence-electron chi connectivity index (χ4n) is 2.78. The molecule has 1 aromatic carbocycles. The van der Waals surface area contributed by atoms with Crippen molar-refractivity contribution in [3.63, 3.8) is 0 Å². The summed E-state index contributed by atoms with van der Waals surface area (Å²) in [6.45, 7) is 4.12. The summed E-state index contributed by atoms with van der Waals surface area (Å²) >= 11 is 1.47. The molecule has 0 radical (unpaired) electrons. The van der Waals surface area contributed by atoms with E-state index in [1.165, 1.54) is 23.9 Å². The van der Waals surface area contributed by atoms with Crippen LogP contribution in [0.4, 0.5) is 5.69 Å². The van der Waals surface area contributed by atoms with Gasteiger partial charge in [0.1, 0.15) is 0 Å². The number of amides is 3. The van der Waals surface area contributed by atoms with Crippen molar-refractivity contribution in [3.05, 3.63) is 50.7 Å². The largest absolute Gasteiger partial charge is 0.321 e. The van der Waals surface area contributed by atoms with E-state index in [1.54, 1.807) is 18.2 Å². The fourth-order valence-corrected chi connectivity index (χ4v) is 3.75. The number of carbonyl (C=O) groups is 3. The number of nitrogens with zero attached hydrogens (tertiary/aromatic N) is 1. The van der Waals surface area contributed by atoms with Gasteiger partial charge in [-0.25, -0.2) is 0 Å². The molecule has 0 bridgehead atoms. The van der Waals surface area contributed by atoms with E-state index in [-0.39, 0.29) is 17.7 Å². The summed E-state index contributed by atoms with van der Waals surface area (Å²) in [6, 6.07) is 6.71. The molecule has 0 aliphatic carbocycles. The average molecular weight is 342 g/mol. The lowest BCUT2D eigenvalue weighted by Gasteiger charge is -2.05. The van der Waals surface area contributed by atoms with Gasteiger partial charge in [-0.05, 0) is 43.2 Å². The van der Waals surface area contributed by atoms with Gasteiger partial charge >= 0.3 is 0 Å². The SMILES string of the molecule is CCCc1cc(C(=O)Nc2ccc3c(c2)C(=O)N(C)C3=O)sc1C. The quantitative estimate of drug-likeness (QED) is 0.865. The van der Waals surface area contributed by atoms with Gasteiger partial charge in [-0.2, -0.15) is 0 Å². The van der Waals surface area contributed by atoms with Gasteiger partial charge < -0.3 is 5.32 Å². The molecule has 5 nitrogen and oxygen atoms in total. The molecular formula is C18H18N2O3S. The number of anilines is 1. The summed E-state index contributed by atoms with van der Waals surface area (Å²) in [6.07, 6.45) is 1.99. The van der Waals surface area contributed by atoms with E-state index in [0.29, 0.717) is 21.7 Å². The van der Waals surface area contributed by atoms with Crippen LogP contribution in [0.2, 0.25) is 0 Å². The molecule has 3 rings (SSSR count). The van der Waals surface area contributed by atoms with Crippen LogP contribution in [0.15, 0.2) is 24.3 Å². The molecule has 0 unspecified atom stereocenters. The van der Waals surface area contributed by atoms with Crippen molar-refractivity contribution in [3.8, 4) is 0 Å². The molecule has 3 amide bonds. The van der Waals surface area contributed by atoms with E-state index in [2.05, 4.69) is 12.2 Å². The lowest BCUT2D eigenvalue weighted by molar-refractivity contribution is 0.0692. The lowest BCUT2D eigenvalue weighted by Crippen LogP contribution is -2.24. The summed E-state index contributed by atoms with van der Waals surface area (Å²) in [5.41, 5.74) is 2.41. The number of hydrogen-bond donors (Lipinski definition) is 1. The number of benzene rings is 1. The molecule has 1 aliphatic rings. The van der Waals surface area contributed by atoms with E-state index in [0.717, 1.165) is 22.6 Å². The van der Waals surface area contributed by atoms with Crippen molar-refractivity contribution in [2.75, 3.05) is 12.4 Å². The molecule has 0 saturated heterocycles. The molecule has 24 heavy (non-hydrogen) atoms. The fraction of sp³-hybridized carbons (Fsp3) is 0.278. The van der Waals surface area contributed by atoms with Crippen LogP contribution < -0.4 is 5.32 Å². The molecule has 6 heteroatoms. The van der Waals surface area contributed by atoms with Crippen molar-refractivity contribution < 1.29 is 14.4 Å². The minimum atomic E-state index is -0.344. The summed E-state index contributed by atoms with van der Waals surface area (Å²) in [4.78, 5) is 39.2. The number of imide groups is 1. The predicted octanol–water partition coefficient (Wildman–Crippen LogP) is 3.49. The van der Waals surface area contributed by atoms with Crippen LogP contribution in [0.3, 0.4) is 0 Å². The average Bonchev–Trinajstić information content (AvgIpc) is 3.02. The second-order valence-electron chi connectivity index (χ2n) is 5.83. The van der Waals surface area contributed by atoms with Gasteiger partial charge in [-0.1, -0.05) is 13.3 Å². The molecule has 1 N–H and O–H groups in total. The molecule has 0 fully saturated rings. The molecule has 0 atom stereocenters. The summed E-state index contributed by atoms with van der Waals surface area (Å²) < 4.78 is 0. The maximum Gasteiger partial charge on any atom is 0.265 e. The predicted molar refractivity (Wildman–Crippen MR) is 93.9 cm³/mol. The highest BCUT2D eigenvalue weighted by atomic mass is 32.1. The van der Waals surface area contributed by atoms with Crippen molar-refractivity contribution in [2.24, 2.45) is 0 Å². The van der Waals surface area contributed by atoms with Gasteiger partial charge in [-0.3, -0.25) is 19.3 Å². The number of hydrogen-bond acceptors (Lipinski definition) is 4. The Hall–Kier alpha value is -2.47. The van der Waals surface area contributed by atoms with Gasteiger partial charge in [0.05, 0.1) is 16.0 Å². The third-order valence-electron chi connectivity index (χ3n) is 4.11. The first-order valence-electron chi connectivity index (χ1n) is 7.79. The molecule has 1 aliphatic heterocycles. The lowest BCUT2D eigenvalue weighted by atomic mass is 10.1. The zero-order valence-corrected chi connectivity index (χ0v) is 14.6. The Labute approximate surface area is 144 Å². The normalized spacial score (nSPS) is 13.4. The van der Waals surface area contributed by atoms with Crippen molar-refractivity contribution in [1.29, 1.82) is 0 Å². The number of carbonyl (C=O) groups excluding carboxylic acids is 3. The maximum atomic E-state index is 12.4. The molecule has 1 aromatic heterocycles. The van der Waals surface area contributed by atoms with E-state index in [4.69, 9.17) is 0 Å². The molecule has 0 saturated carbocycles. The summed E-state index contributed by atoms with van der Waals surface area (Å²) in [5, 5.41) is 2.81. The van der Waals surface area contributed by atoms with Crippen LogP contribution in [0.1, 0.15) is 54.2 Å². The standard InChI is InChI=1S/C18H18N2O3S/c1-4-5-11-8-15(24-10(11)2)16(21)19-12-6-7-13-14(9-12)18(23)20(3)17(13)22/h6-9H,4-5H2,1-3H3,(H,19,21). The molecule has 124 valence electrons. The second kappa shape index (κ2) is 6.20. The Balaban J connectivity index is 1.82. The number of fused-ring (bicyclic) bond motifs is 1. The topological polar surface area (TPSA) is 66.5 Å². The summed E-state index contributed by atoms with van der Waals surface area (Å²) in [7, 11) is 1.45. The zero-order valence-electron chi connectivity index (χ0n) is 13.8. The Kier molecular flexibility index (Phi) is 4.24. The zero-order chi connectivity index (χ0) is 17.4. The minimum Gasteiger partial charge on any atom is -0.321 e. The van der Waals surface area contributed by atoms with Gasteiger partial charge in [0.15, 0.2) is 0 Å². The van der Waals surface area contributed by atoms with Crippen LogP contribution in [-0.4, -0.2) is 29.7 Å². The van der Waals surface area contributed by atoms with Crippen molar-refractivity contribution in [2.45, 2.75) is 26.7 Å². The number of nitrogens with one attached hydrogen (secondary N) is 1. The summed E-state index contributed by atoms with van der Waals surface area (Å²) in [5.74, 6) is -0.857. The second-order valence-corrected chi connectivity index (χ2v) is 7.08. The van der Waals surface area contributed by atoms with Gasteiger partial charge in [0.2, 0.25) is 0 Å². The molecule has 2 heterocycles. The first kappa shape index (κ1) is 16.4. The van der Waals surface area contributed by atoms with Crippen molar-refractivity contribution >= 4 is 34.7 Å². The Morgan fingerprint density at radius 2 is 1.88 bits per heavy atom. The van der Waals surface area contributed by atoms with Crippen LogP contribution in [0.5, 0.6) is 0 Å². The first-order valence-corrected chi connectivity index (χ1v) is 8.61. The van der Waals surface area contributed by atoms with Crippen LogP contribution in [0, 0.1) is 6.92 Å². The molecule has 2 aromatic rings. The van der Waals surface area contributed by atoms with Gasteiger partial charge in [-0.15, -0.1) is 11.3 Å². The molecule has 0 spiro atoms. The van der Waals surface area contributed by atoms with Gasteiger partial charge in [0, 0.05) is 17.6 Å². The highest BCUT2D eigenvalue weighted by Gasteiger charge is 2.32. The van der Waals surface area contributed by atoms with Crippen LogP contribution in [-0.2, 0) is 6.42 Å². The Bertz CT molecular complexity index is 854. The van der Waals surface area contributed by atoms with Crippen LogP contribution in [0.25, 0.3) is 0 Å². The monoisotopic (exact) mass is 342 g/mol. The smallest absolute Gasteiger partial charge is 0.265 e. The Morgan fingerprint density at radius 3 is 2.58 bits per heavy atom. The van der Waals surface area contributed by atoms with Gasteiger partial charge in [0.25, 0.3) is 17.7 Å². The van der Waals surface area contributed by atoms with E-state index in [9.17, 15) is 14.4 Å². The highest BCUT2D eigenvalue weighted by molar-refractivity contribution is 7.14. The van der Waals surface area contributed by atoms with Crippen LogP contribution >= 0.6 is 11.3 Å². The Morgan fingerprint density at radius 1 is 1.17 bits per heavy atom. The van der Waals surface area contributed by atoms with E-state index >= 15 is 0 Å². The first-order chi connectivity index (χ1) is 11.4. The van der Waals surface area contributed by atoms with Crippen molar-refractivity contribution in [1.82, 2.24) is 4.90 Å². The third kappa shape index (κ3) is 2.73. The number of thiophene rings is 1. The third-order valence-corrected chi connectivity index (χ3v) is 5.20. The molecular weight excluding hydrogens is 324 g/mol. The minimum absolute atomic E-state index is 0.199. The van der Waals surface area contributed by atoms with E-state index < -0.39 is 0 Å². The highest BCUT2D eigenvalue weighted by Crippen LogP contribution is 2.27. The van der Waals surface area contributed by atoms with E-state index in [1.807, 2.05) is 13.0 Å². The number of rotatable bonds is 4. The maximum absolute atomic E-state index is 12.4. The number of aryl methyl sites for hydroxylation is 2.